The van der Waals surface area contributed by atoms with E-state index in [4.69, 9.17) is 15.6 Å². The lowest BCUT2D eigenvalue weighted by Gasteiger charge is -2.27. The summed E-state index contributed by atoms with van der Waals surface area (Å²) in [5, 5.41) is 21.0. The van der Waals surface area contributed by atoms with Crippen molar-refractivity contribution in [3.8, 4) is 5.19 Å². The van der Waals surface area contributed by atoms with E-state index < -0.39 is 12.5 Å². The minimum absolute atomic E-state index is 0.0195. The molecule has 32 heavy (non-hydrogen) atoms. The molecule has 0 spiro atoms. The highest BCUT2D eigenvalue weighted by Gasteiger charge is 2.28. The molecule has 0 saturated heterocycles. The molecule has 0 unspecified atom stereocenters. The number of hydrogen-bond acceptors (Lipinski definition) is 9. The maximum Gasteiger partial charge on any atom is 0.278 e. The van der Waals surface area contributed by atoms with Crippen molar-refractivity contribution in [2.24, 2.45) is 5.92 Å². The van der Waals surface area contributed by atoms with Gasteiger partial charge in [-0.25, -0.2) is 18.8 Å². The van der Waals surface area contributed by atoms with Crippen LogP contribution in [0.3, 0.4) is 0 Å². The zero-order valence-corrected chi connectivity index (χ0v) is 19.9. The van der Waals surface area contributed by atoms with E-state index in [0.29, 0.717) is 22.7 Å². The number of nitrogens with one attached hydrogen (secondary N) is 4. The molecule has 2 aliphatic rings. The van der Waals surface area contributed by atoms with Gasteiger partial charge in [0.25, 0.3) is 11.1 Å². The summed E-state index contributed by atoms with van der Waals surface area (Å²) in [5.74, 6) is -2.59. The first kappa shape index (κ1) is 25.0. The first-order chi connectivity index (χ1) is 15.1. The van der Waals surface area contributed by atoms with Gasteiger partial charge in [-0.15, -0.1) is 0 Å². The number of hydrazine groups is 1. The van der Waals surface area contributed by atoms with Crippen molar-refractivity contribution < 1.29 is 18.3 Å². The van der Waals surface area contributed by atoms with Crippen LogP contribution in [0.5, 0.6) is 5.19 Å². The molecule has 1 aliphatic heterocycles. The van der Waals surface area contributed by atoms with Gasteiger partial charge in [0.05, 0.1) is 28.7 Å². The second kappa shape index (κ2) is 11.0. The largest absolute Gasteiger partial charge is 0.464 e. The second-order valence-corrected chi connectivity index (χ2v) is 10.8. The topological polar surface area (TPSA) is 114 Å². The third-order valence-corrected chi connectivity index (χ3v) is 7.03. The van der Waals surface area contributed by atoms with Crippen LogP contribution in [0.2, 0.25) is 0 Å². The Balaban J connectivity index is 1.37. The van der Waals surface area contributed by atoms with Crippen molar-refractivity contribution >= 4 is 39.1 Å². The summed E-state index contributed by atoms with van der Waals surface area (Å²) in [4.78, 5) is 17.6. The van der Waals surface area contributed by atoms with E-state index in [1.807, 2.05) is 0 Å². The zero-order chi connectivity index (χ0) is 23.3. The van der Waals surface area contributed by atoms with Gasteiger partial charge in [0.15, 0.2) is 6.61 Å². The number of amides is 1. The highest BCUT2D eigenvalue weighted by Crippen LogP contribution is 2.30. The van der Waals surface area contributed by atoms with Gasteiger partial charge in [0.1, 0.15) is 0 Å². The molecule has 0 bridgehead atoms. The Morgan fingerprint density at radius 2 is 2.19 bits per heavy atom. The zero-order valence-electron chi connectivity index (χ0n) is 18.3. The van der Waals surface area contributed by atoms with Crippen molar-refractivity contribution in [3.05, 3.63) is 10.6 Å². The van der Waals surface area contributed by atoms with Crippen LogP contribution in [0.15, 0.2) is 0 Å². The molecule has 8 nitrogen and oxygen atoms in total. The van der Waals surface area contributed by atoms with E-state index in [1.54, 1.807) is 6.92 Å². The van der Waals surface area contributed by atoms with Crippen molar-refractivity contribution in [2.45, 2.75) is 64.5 Å². The average molecular weight is 489 g/mol. The smallest absolute Gasteiger partial charge is 0.278 e. The third kappa shape index (κ3) is 8.05. The molecule has 12 heteroatoms. The Morgan fingerprint density at radius 3 is 2.91 bits per heavy atom. The number of carbonyl (C=O) groups excluding carboxylic acids is 1. The van der Waals surface area contributed by atoms with Crippen molar-refractivity contribution in [3.63, 3.8) is 0 Å². The lowest BCUT2D eigenvalue weighted by molar-refractivity contribution is -0.120. The molecule has 1 amide bonds. The van der Waals surface area contributed by atoms with Gasteiger partial charge in [0.2, 0.25) is 5.91 Å². The highest BCUT2D eigenvalue weighted by molar-refractivity contribution is 8.26. The molecule has 1 aliphatic carbocycles. The van der Waals surface area contributed by atoms with Gasteiger partial charge in [-0.3, -0.25) is 21.0 Å². The summed E-state index contributed by atoms with van der Waals surface area (Å²) >= 11 is 2.36. The Bertz CT molecular complexity index is 845. The maximum atomic E-state index is 13.0. The summed E-state index contributed by atoms with van der Waals surface area (Å²) in [7, 11) is 0. The SMILES string of the molecule is CC(=N)SC(=N)CC(=O)N[C@@H]1CC[C@H](CNN2CCc3sc(OCC(C)(F)F)nc3C2)C1. The van der Waals surface area contributed by atoms with E-state index in [-0.39, 0.29) is 23.4 Å². The number of halogens is 2. The summed E-state index contributed by atoms with van der Waals surface area (Å²) in [5.41, 5.74) is 4.34. The number of aromatic nitrogens is 1. The molecule has 1 fully saturated rings. The molecular weight excluding hydrogens is 458 g/mol. The first-order valence-corrected chi connectivity index (χ1v) is 12.3. The maximum absolute atomic E-state index is 13.0. The fourth-order valence-corrected chi connectivity index (χ4v) is 5.33. The van der Waals surface area contributed by atoms with E-state index in [0.717, 1.165) is 68.0 Å². The monoisotopic (exact) mass is 488 g/mol. The molecule has 3 rings (SSSR count). The number of alkyl halides is 2. The number of carbonyl (C=O) groups is 1. The van der Waals surface area contributed by atoms with Crippen LogP contribution < -0.4 is 15.5 Å². The van der Waals surface area contributed by atoms with Crippen LogP contribution in [0.1, 0.15) is 50.1 Å². The Hall–Kier alpha value is -1.63. The number of thiazole rings is 1. The molecule has 1 aromatic rings. The van der Waals surface area contributed by atoms with Crippen LogP contribution in [-0.2, 0) is 17.8 Å². The lowest BCUT2D eigenvalue weighted by Crippen LogP contribution is -2.43. The van der Waals surface area contributed by atoms with E-state index in [9.17, 15) is 13.6 Å². The number of thioether (sulfide) groups is 1. The number of fused-ring (bicyclic) bond motifs is 1. The van der Waals surface area contributed by atoms with Gasteiger partial charge >= 0.3 is 0 Å². The number of hydrogen-bond donors (Lipinski definition) is 4. The molecular formula is C20H30F2N6O2S2. The van der Waals surface area contributed by atoms with Crippen LogP contribution in [0.25, 0.3) is 0 Å². The fraction of sp³-hybridized carbons (Fsp3) is 0.700. The predicted octanol–water partition coefficient (Wildman–Crippen LogP) is 3.42. The summed E-state index contributed by atoms with van der Waals surface area (Å²) in [6.45, 7) is 3.99. The quantitative estimate of drug-likeness (QED) is 0.313. The van der Waals surface area contributed by atoms with Gasteiger partial charge in [-0.1, -0.05) is 23.1 Å². The van der Waals surface area contributed by atoms with Crippen LogP contribution >= 0.6 is 23.1 Å². The van der Waals surface area contributed by atoms with Crippen LogP contribution in [0.4, 0.5) is 8.78 Å². The van der Waals surface area contributed by atoms with Crippen molar-refractivity contribution in [1.29, 1.82) is 10.8 Å². The summed E-state index contributed by atoms with van der Waals surface area (Å²) in [6.07, 6.45) is 3.64. The van der Waals surface area contributed by atoms with Gasteiger partial charge in [-0.2, -0.15) is 0 Å². The average Bonchev–Trinajstić information content (AvgIpc) is 3.29. The lowest BCUT2D eigenvalue weighted by atomic mass is 10.1. The summed E-state index contributed by atoms with van der Waals surface area (Å²) in [6, 6.07) is 0.121. The molecule has 4 N–H and O–H groups in total. The van der Waals surface area contributed by atoms with Crippen molar-refractivity contribution in [1.82, 2.24) is 20.7 Å². The highest BCUT2D eigenvalue weighted by atomic mass is 32.2. The van der Waals surface area contributed by atoms with Crippen LogP contribution in [0, 0.1) is 16.7 Å². The molecule has 178 valence electrons. The van der Waals surface area contributed by atoms with E-state index in [1.165, 1.54) is 11.3 Å². The summed E-state index contributed by atoms with van der Waals surface area (Å²) < 4.78 is 31.1. The Labute approximate surface area is 194 Å². The molecule has 1 saturated carbocycles. The fourth-order valence-electron chi connectivity index (χ4n) is 3.86. The molecule has 0 aromatic carbocycles. The molecule has 2 heterocycles. The minimum Gasteiger partial charge on any atom is -0.464 e. The molecule has 0 radical (unpaired) electrons. The molecule has 2 atom stereocenters. The van der Waals surface area contributed by atoms with E-state index >= 15 is 0 Å². The molecule has 1 aromatic heterocycles. The first-order valence-electron chi connectivity index (χ1n) is 10.6. The second-order valence-electron chi connectivity index (χ2n) is 8.44. The van der Waals surface area contributed by atoms with Crippen molar-refractivity contribution in [2.75, 3.05) is 19.7 Å². The Kier molecular flexibility index (Phi) is 8.59. The third-order valence-electron chi connectivity index (χ3n) is 5.26. The number of nitrogens with zero attached hydrogens (tertiary/aromatic N) is 2. The minimum atomic E-state index is -2.88. The van der Waals surface area contributed by atoms with Gasteiger partial charge in [-0.05, 0) is 38.5 Å². The predicted molar refractivity (Wildman–Crippen MR) is 123 cm³/mol. The number of rotatable bonds is 9. The Morgan fingerprint density at radius 1 is 1.41 bits per heavy atom. The number of ether oxygens (including phenoxy) is 1. The van der Waals surface area contributed by atoms with Crippen LogP contribution in [-0.4, -0.2) is 57.6 Å². The van der Waals surface area contributed by atoms with E-state index in [2.05, 4.69) is 20.7 Å². The normalized spacial score (nSPS) is 21.2. The van der Waals surface area contributed by atoms with Gasteiger partial charge in [0, 0.05) is 30.9 Å². The standard InChI is InChI=1S/C20H30F2N6O2S2/c1-12(23)31-17(24)8-18(29)26-14-4-3-13(7-14)9-25-28-6-5-16-15(10-28)27-19(32-16)30-11-20(2,21)22/h13-14,23-25H,3-11H2,1-2H3,(H,26,29)/t13-,14+/m0/s1. The van der Waals surface area contributed by atoms with Gasteiger partial charge < -0.3 is 10.1 Å².